The van der Waals surface area contributed by atoms with Gasteiger partial charge >= 0.3 is 6.18 Å². The molecule has 2 aromatic rings. The minimum absolute atomic E-state index is 0.145. The highest BCUT2D eigenvalue weighted by molar-refractivity contribution is 5.95. The number of nitrogens with zero attached hydrogens (tertiary/aromatic N) is 6. The molecule has 0 aromatic carbocycles. The van der Waals surface area contributed by atoms with Gasteiger partial charge in [-0.15, -0.1) is 10.2 Å². The number of amides is 1. The highest BCUT2D eigenvalue weighted by atomic mass is 19.4. The number of rotatable bonds is 4. The molecule has 0 bridgehead atoms. The van der Waals surface area contributed by atoms with Crippen molar-refractivity contribution in [1.29, 1.82) is 0 Å². The van der Waals surface area contributed by atoms with E-state index in [-0.39, 0.29) is 11.7 Å². The molecule has 1 saturated carbocycles. The van der Waals surface area contributed by atoms with Gasteiger partial charge in [0.15, 0.2) is 11.5 Å². The highest BCUT2D eigenvalue weighted by Crippen LogP contribution is 2.34. The van der Waals surface area contributed by atoms with Crippen LogP contribution in [0.15, 0.2) is 18.3 Å². The Labute approximate surface area is 171 Å². The summed E-state index contributed by atoms with van der Waals surface area (Å²) in [5.74, 6) is -0.648. The lowest BCUT2D eigenvalue weighted by Crippen LogP contribution is -2.51. The smallest absolute Gasteiger partial charge is 0.434 e. The van der Waals surface area contributed by atoms with Crippen LogP contribution in [-0.4, -0.2) is 75.0 Å². The Kier molecular flexibility index (Phi) is 5.63. The second kappa shape index (κ2) is 8.21. The zero-order valence-corrected chi connectivity index (χ0v) is 16.6. The Hall–Kier alpha value is -2.69. The summed E-state index contributed by atoms with van der Waals surface area (Å²) < 4.78 is 47.0. The van der Waals surface area contributed by atoms with Crippen molar-refractivity contribution in [1.82, 2.24) is 29.8 Å². The maximum Gasteiger partial charge on any atom is 0.434 e. The van der Waals surface area contributed by atoms with Gasteiger partial charge in [0.05, 0.1) is 18.9 Å². The van der Waals surface area contributed by atoms with E-state index in [2.05, 4.69) is 20.2 Å². The van der Waals surface area contributed by atoms with Crippen LogP contribution in [0.2, 0.25) is 0 Å². The Morgan fingerprint density at radius 3 is 2.37 bits per heavy atom. The first-order valence-electron chi connectivity index (χ1n) is 9.95. The Balaban J connectivity index is 1.56. The molecule has 30 heavy (non-hydrogen) atoms. The topological polar surface area (TPSA) is 76.4 Å². The first-order valence-corrected chi connectivity index (χ1v) is 9.95. The van der Waals surface area contributed by atoms with Crippen molar-refractivity contribution in [3.8, 4) is 11.7 Å². The predicted octanol–water partition coefficient (Wildman–Crippen LogP) is 2.39. The van der Waals surface area contributed by atoms with E-state index in [1.165, 1.54) is 37.0 Å². The molecule has 2 aliphatic rings. The minimum atomic E-state index is -4.78. The first kappa shape index (κ1) is 20.6. The number of piperazine rings is 1. The van der Waals surface area contributed by atoms with Gasteiger partial charge in [-0.25, -0.2) is 4.68 Å². The third-order valence-electron chi connectivity index (χ3n) is 5.76. The number of halogens is 3. The SMILES string of the molecule is COc1ccc(-n2ncc(C(=O)N3CCN(C4CCCC4)CC3)c2C(F)(F)F)nn1. The lowest BCUT2D eigenvalue weighted by molar-refractivity contribution is -0.143. The third kappa shape index (κ3) is 3.98. The van der Waals surface area contributed by atoms with Crippen molar-refractivity contribution in [2.45, 2.75) is 37.9 Å². The molecule has 0 spiro atoms. The average molecular weight is 424 g/mol. The molecule has 0 unspecified atom stereocenters. The van der Waals surface area contributed by atoms with E-state index in [0.717, 1.165) is 19.0 Å². The molecule has 2 aromatic heterocycles. The molecule has 3 heterocycles. The number of aromatic nitrogens is 4. The molecule has 1 amide bonds. The van der Waals surface area contributed by atoms with Gasteiger partial charge in [0.25, 0.3) is 5.91 Å². The highest BCUT2D eigenvalue weighted by Gasteiger charge is 2.42. The maximum atomic E-state index is 13.9. The van der Waals surface area contributed by atoms with Crippen molar-refractivity contribution in [3.63, 3.8) is 0 Å². The molecular weight excluding hydrogens is 401 g/mol. The van der Waals surface area contributed by atoms with Gasteiger partial charge in [-0.3, -0.25) is 9.69 Å². The van der Waals surface area contributed by atoms with Gasteiger partial charge < -0.3 is 9.64 Å². The van der Waals surface area contributed by atoms with Crippen molar-refractivity contribution >= 4 is 5.91 Å². The molecule has 0 atom stereocenters. The molecule has 2 fully saturated rings. The summed E-state index contributed by atoms with van der Waals surface area (Å²) in [6.45, 7) is 2.16. The van der Waals surface area contributed by atoms with Gasteiger partial charge in [-0.1, -0.05) is 12.8 Å². The van der Waals surface area contributed by atoms with E-state index in [0.29, 0.717) is 36.9 Å². The molecule has 1 aliphatic heterocycles. The molecule has 0 N–H and O–H groups in total. The van der Waals surface area contributed by atoms with Crippen LogP contribution in [0.3, 0.4) is 0 Å². The number of ether oxygens (including phenoxy) is 1. The number of methoxy groups -OCH3 is 1. The standard InChI is InChI=1S/C19H23F3N6O2/c1-30-16-7-6-15(24-25-16)28-17(19(20,21)22)14(12-23-28)18(29)27-10-8-26(9-11-27)13-4-2-3-5-13/h6-7,12-13H,2-5,8-11H2,1H3. The summed E-state index contributed by atoms with van der Waals surface area (Å²) in [7, 11) is 1.38. The van der Waals surface area contributed by atoms with Crippen LogP contribution < -0.4 is 4.74 Å². The van der Waals surface area contributed by atoms with Crippen molar-refractivity contribution in [2.24, 2.45) is 0 Å². The van der Waals surface area contributed by atoms with Crippen LogP contribution in [0.25, 0.3) is 5.82 Å². The van der Waals surface area contributed by atoms with Gasteiger partial charge in [0, 0.05) is 38.3 Å². The number of carbonyl (C=O) groups excluding carboxylic acids is 1. The van der Waals surface area contributed by atoms with Gasteiger partial charge in [-0.05, 0) is 18.9 Å². The lowest BCUT2D eigenvalue weighted by Gasteiger charge is -2.38. The molecule has 4 rings (SSSR count). The van der Waals surface area contributed by atoms with E-state index in [4.69, 9.17) is 4.74 Å². The van der Waals surface area contributed by atoms with Crippen molar-refractivity contribution in [2.75, 3.05) is 33.3 Å². The second-order valence-electron chi connectivity index (χ2n) is 7.52. The monoisotopic (exact) mass is 424 g/mol. The Bertz CT molecular complexity index is 885. The summed E-state index contributed by atoms with van der Waals surface area (Å²) in [4.78, 5) is 16.8. The summed E-state index contributed by atoms with van der Waals surface area (Å²) in [6.07, 6.45) is 0.914. The molecule has 8 nitrogen and oxygen atoms in total. The van der Waals surface area contributed by atoms with E-state index in [1.54, 1.807) is 0 Å². The number of carbonyl (C=O) groups is 1. The quantitative estimate of drug-likeness (QED) is 0.750. The Morgan fingerprint density at radius 1 is 1.10 bits per heavy atom. The third-order valence-corrected chi connectivity index (χ3v) is 5.76. The number of hydrogen-bond acceptors (Lipinski definition) is 6. The molecule has 11 heteroatoms. The zero-order chi connectivity index (χ0) is 21.3. The molecular formula is C19H23F3N6O2. The van der Waals surface area contributed by atoms with Gasteiger partial charge in [0.1, 0.15) is 0 Å². The van der Waals surface area contributed by atoms with Crippen LogP contribution >= 0.6 is 0 Å². The fraction of sp³-hybridized carbons (Fsp3) is 0.579. The van der Waals surface area contributed by atoms with Crippen LogP contribution in [0.4, 0.5) is 13.2 Å². The second-order valence-corrected chi connectivity index (χ2v) is 7.52. The van der Waals surface area contributed by atoms with Crippen LogP contribution in [-0.2, 0) is 6.18 Å². The van der Waals surface area contributed by atoms with Crippen LogP contribution in [0, 0.1) is 0 Å². The molecule has 162 valence electrons. The summed E-state index contributed by atoms with van der Waals surface area (Å²) in [5, 5.41) is 11.2. The normalized spacial score (nSPS) is 18.7. The average Bonchev–Trinajstić information content (AvgIpc) is 3.43. The van der Waals surface area contributed by atoms with E-state index in [1.807, 2.05) is 0 Å². The molecule has 1 aliphatic carbocycles. The number of alkyl halides is 3. The fourth-order valence-corrected chi connectivity index (χ4v) is 4.22. The van der Waals surface area contributed by atoms with Gasteiger partial charge in [-0.2, -0.15) is 18.3 Å². The Morgan fingerprint density at radius 2 is 1.80 bits per heavy atom. The van der Waals surface area contributed by atoms with E-state index < -0.39 is 23.3 Å². The summed E-state index contributed by atoms with van der Waals surface area (Å²) >= 11 is 0. The van der Waals surface area contributed by atoms with E-state index in [9.17, 15) is 18.0 Å². The first-order chi connectivity index (χ1) is 14.4. The zero-order valence-electron chi connectivity index (χ0n) is 16.6. The summed E-state index contributed by atoms with van der Waals surface area (Å²) in [5.41, 5.74) is -1.63. The predicted molar refractivity (Wildman–Crippen MR) is 100 cm³/mol. The largest absolute Gasteiger partial charge is 0.480 e. The van der Waals surface area contributed by atoms with Crippen molar-refractivity contribution < 1.29 is 22.7 Å². The molecule has 1 saturated heterocycles. The number of hydrogen-bond donors (Lipinski definition) is 0. The maximum absolute atomic E-state index is 13.9. The lowest BCUT2D eigenvalue weighted by atomic mass is 10.1. The minimum Gasteiger partial charge on any atom is -0.480 e. The van der Waals surface area contributed by atoms with E-state index >= 15 is 0 Å². The van der Waals surface area contributed by atoms with Crippen LogP contribution in [0.5, 0.6) is 5.88 Å². The fourth-order valence-electron chi connectivity index (χ4n) is 4.22. The van der Waals surface area contributed by atoms with Gasteiger partial charge in [0.2, 0.25) is 5.88 Å². The summed E-state index contributed by atoms with van der Waals surface area (Å²) in [6, 6.07) is 3.22. The molecule has 0 radical (unpaired) electrons. The van der Waals surface area contributed by atoms with Crippen molar-refractivity contribution in [3.05, 3.63) is 29.6 Å². The van der Waals surface area contributed by atoms with Crippen LogP contribution in [0.1, 0.15) is 41.7 Å².